The number of aliphatic carboxylic acids is 1. The van der Waals surface area contributed by atoms with Gasteiger partial charge in [-0.1, -0.05) is 6.07 Å². The molecular formula is C10H10ClF2NO2. The first-order valence-corrected chi connectivity index (χ1v) is 4.48. The van der Waals surface area contributed by atoms with Gasteiger partial charge in [0.2, 0.25) is 0 Å². The molecule has 2 rings (SSSR count). The van der Waals surface area contributed by atoms with Crippen LogP contribution in [-0.2, 0) is 10.2 Å². The third-order valence-electron chi connectivity index (χ3n) is 2.74. The highest BCUT2D eigenvalue weighted by molar-refractivity contribution is 5.85. The molecular weight excluding hydrogens is 240 g/mol. The summed E-state index contributed by atoms with van der Waals surface area (Å²) in [5.41, 5.74) is -1.10. The summed E-state index contributed by atoms with van der Waals surface area (Å²) in [6, 6.07) is 3.08. The molecule has 88 valence electrons. The molecule has 0 spiro atoms. The Morgan fingerprint density at radius 2 is 2.06 bits per heavy atom. The van der Waals surface area contributed by atoms with E-state index in [1.807, 2.05) is 0 Å². The van der Waals surface area contributed by atoms with Crippen molar-refractivity contribution in [2.45, 2.75) is 24.2 Å². The highest BCUT2D eigenvalue weighted by Gasteiger charge is 2.62. The lowest BCUT2D eigenvalue weighted by Gasteiger charge is -2.43. The van der Waals surface area contributed by atoms with Gasteiger partial charge in [0.25, 0.3) is 5.92 Å². The fraction of sp³-hybridized carbons (Fsp3) is 0.400. The monoisotopic (exact) mass is 249 g/mol. The van der Waals surface area contributed by atoms with Crippen LogP contribution in [0, 0.1) is 0 Å². The normalized spacial score (nSPS) is 20.4. The summed E-state index contributed by atoms with van der Waals surface area (Å²) >= 11 is 0. The lowest BCUT2D eigenvalue weighted by atomic mass is 9.62. The van der Waals surface area contributed by atoms with Crippen LogP contribution in [0.25, 0.3) is 0 Å². The Hall–Kier alpha value is -1.23. The maximum atomic E-state index is 12.8. The van der Waals surface area contributed by atoms with E-state index < -0.39 is 30.1 Å². The fourth-order valence-corrected chi connectivity index (χ4v) is 1.96. The van der Waals surface area contributed by atoms with Crippen LogP contribution in [0.1, 0.15) is 18.4 Å². The van der Waals surface area contributed by atoms with Gasteiger partial charge in [0.15, 0.2) is 0 Å². The lowest BCUT2D eigenvalue weighted by molar-refractivity contribution is -0.174. The molecule has 0 atom stereocenters. The maximum absolute atomic E-state index is 12.8. The quantitative estimate of drug-likeness (QED) is 0.875. The molecule has 0 aliphatic heterocycles. The van der Waals surface area contributed by atoms with Crippen molar-refractivity contribution in [3.05, 3.63) is 30.1 Å². The number of hydrogen-bond acceptors (Lipinski definition) is 2. The summed E-state index contributed by atoms with van der Waals surface area (Å²) in [5.74, 6) is -4.07. The van der Waals surface area contributed by atoms with Crippen LogP contribution >= 0.6 is 12.4 Å². The minimum absolute atomic E-state index is 0. The minimum Gasteiger partial charge on any atom is -0.481 e. The van der Waals surface area contributed by atoms with Gasteiger partial charge in [0.1, 0.15) is 5.41 Å². The number of alkyl halides is 2. The summed E-state index contributed by atoms with van der Waals surface area (Å²) in [6.45, 7) is 0. The van der Waals surface area contributed by atoms with E-state index in [-0.39, 0.29) is 12.4 Å². The smallest absolute Gasteiger partial charge is 0.314 e. The second kappa shape index (κ2) is 3.97. The SMILES string of the molecule is Cl.O=C(O)C1(c2cccnc2)CC(F)(F)C1. The Bertz CT molecular complexity index is 389. The Morgan fingerprint density at radius 3 is 2.44 bits per heavy atom. The van der Waals surface area contributed by atoms with Crippen LogP contribution < -0.4 is 0 Å². The Balaban J connectivity index is 0.00000128. The van der Waals surface area contributed by atoms with Crippen LogP contribution in [0.3, 0.4) is 0 Å². The van der Waals surface area contributed by atoms with Gasteiger partial charge in [-0.3, -0.25) is 9.78 Å². The molecule has 1 heterocycles. The first kappa shape index (κ1) is 12.8. The number of carboxylic acid groups (broad SMARTS) is 1. The molecule has 0 amide bonds. The number of carbonyl (C=O) groups is 1. The second-order valence-corrected chi connectivity index (χ2v) is 3.84. The molecule has 1 aromatic heterocycles. The van der Waals surface area contributed by atoms with Crippen molar-refractivity contribution in [1.82, 2.24) is 4.98 Å². The number of hydrogen-bond donors (Lipinski definition) is 1. The summed E-state index contributed by atoms with van der Waals surface area (Å²) < 4.78 is 25.6. The third-order valence-corrected chi connectivity index (χ3v) is 2.74. The molecule has 1 aliphatic rings. The van der Waals surface area contributed by atoms with Crippen molar-refractivity contribution in [1.29, 1.82) is 0 Å². The molecule has 0 bridgehead atoms. The van der Waals surface area contributed by atoms with Crippen LogP contribution in [-0.4, -0.2) is 22.0 Å². The van der Waals surface area contributed by atoms with Crippen molar-refractivity contribution in [3.8, 4) is 0 Å². The van der Waals surface area contributed by atoms with Crippen molar-refractivity contribution in [2.75, 3.05) is 0 Å². The average molecular weight is 250 g/mol. The summed E-state index contributed by atoms with van der Waals surface area (Å²) in [7, 11) is 0. The van der Waals surface area contributed by atoms with Gasteiger partial charge >= 0.3 is 5.97 Å². The molecule has 1 saturated carbocycles. The van der Waals surface area contributed by atoms with Gasteiger partial charge in [-0.2, -0.15) is 0 Å². The molecule has 16 heavy (non-hydrogen) atoms. The van der Waals surface area contributed by atoms with Gasteiger partial charge in [-0.15, -0.1) is 12.4 Å². The summed E-state index contributed by atoms with van der Waals surface area (Å²) in [4.78, 5) is 14.8. The van der Waals surface area contributed by atoms with E-state index >= 15 is 0 Å². The Kier molecular flexibility index (Phi) is 3.19. The zero-order valence-electron chi connectivity index (χ0n) is 8.19. The van der Waals surface area contributed by atoms with Crippen LogP contribution in [0.15, 0.2) is 24.5 Å². The van der Waals surface area contributed by atoms with Crippen LogP contribution in [0.4, 0.5) is 8.78 Å². The first-order valence-electron chi connectivity index (χ1n) is 4.48. The van der Waals surface area contributed by atoms with E-state index in [0.29, 0.717) is 5.56 Å². The summed E-state index contributed by atoms with van der Waals surface area (Å²) in [5, 5.41) is 9.01. The molecule has 1 aromatic rings. The molecule has 0 radical (unpaired) electrons. The second-order valence-electron chi connectivity index (χ2n) is 3.84. The summed E-state index contributed by atoms with van der Waals surface area (Å²) in [6.07, 6.45) is 1.54. The van der Waals surface area contributed by atoms with Crippen LogP contribution in [0.2, 0.25) is 0 Å². The highest BCUT2D eigenvalue weighted by Crippen LogP contribution is 2.53. The zero-order valence-corrected chi connectivity index (χ0v) is 9.01. The average Bonchev–Trinajstić information content (AvgIpc) is 2.14. The minimum atomic E-state index is -2.87. The number of carboxylic acids is 1. The highest BCUT2D eigenvalue weighted by atomic mass is 35.5. The van der Waals surface area contributed by atoms with Gasteiger partial charge in [-0.05, 0) is 11.6 Å². The van der Waals surface area contributed by atoms with Crippen molar-refractivity contribution in [2.24, 2.45) is 0 Å². The topological polar surface area (TPSA) is 50.2 Å². The number of pyridine rings is 1. The molecule has 0 saturated heterocycles. The molecule has 1 N–H and O–H groups in total. The fourth-order valence-electron chi connectivity index (χ4n) is 1.96. The van der Waals surface area contributed by atoms with E-state index in [9.17, 15) is 13.6 Å². The van der Waals surface area contributed by atoms with E-state index in [4.69, 9.17) is 5.11 Å². The number of nitrogens with zero attached hydrogens (tertiary/aromatic N) is 1. The van der Waals surface area contributed by atoms with Crippen LogP contribution in [0.5, 0.6) is 0 Å². The van der Waals surface area contributed by atoms with Gasteiger partial charge < -0.3 is 5.11 Å². The molecule has 3 nitrogen and oxygen atoms in total. The van der Waals surface area contributed by atoms with Gasteiger partial charge in [0.05, 0.1) is 0 Å². The van der Waals surface area contributed by atoms with Gasteiger partial charge in [0, 0.05) is 25.2 Å². The van der Waals surface area contributed by atoms with E-state index in [2.05, 4.69) is 4.98 Å². The molecule has 0 aromatic carbocycles. The van der Waals surface area contributed by atoms with E-state index in [1.165, 1.54) is 18.5 Å². The first-order chi connectivity index (χ1) is 6.96. The van der Waals surface area contributed by atoms with Crippen molar-refractivity contribution < 1.29 is 18.7 Å². The van der Waals surface area contributed by atoms with Gasteiger partial charge in [-0.25, -0.2) is 8.78 Å². The molecule has 6 heteroatoms. The predicted octanol–water partition coefficient (Wildman–Crippen LogP) is 2.25. The van der Waals surface area contributed by atoms with Crippen molar-refractivity contribution >= 4 is 18.4 Å². The third kappa shape index (κ3) is 1.87. The molecule has 1 fully saturated rings. The zero-order chi connectivity index (χ0) is 11.1. The predicted molar refractivity (Wildman–Crippen MR) is 55.0 cm³/mol. The number of halogens is 3. The lowest BCUT2D eigenvalue weighted by Crippen LogP contribution is -2.54. The Morgan fingerprint density at radius 1 is 1.44 bits per heavy atom. The van der Waals surface area contributed by atoms with E-state index in [0.717, 1.165) is 0 Å². The molecule has 0 unspecified atom stereocenters. The maximum Gasteiger partial charge on any atom is 0.314 e. The standard InChI is InChI=1S/C10H9F2NO2.ClH/c11-10(12)5-9(6-10,8(14)15)7-2-1-3-13-4-7;/h1-4H,5-6H2,(H,14,15);1H. The Labute approximate surface area is 96.9 Å². The number of aromatic nitrogens is 1. The number of rotatable bonds is 2. The largest absolute Gasteiger partial charge is 0.481 e. The van der Waals surface area contributed by atoms with Crippen molar-refractivity contribution in [3.63, 3.8) is 0 Å². The van der Waals surface area contributed by atoms with E-state index in [1.54, 1.807) is 6.07 Å². The molecule has 1 aliphatic carbocycles.